The second-order valence-corrected chi connectivity index (χ2v) is 5.45. The van der Waals surface area contributed by atoms with Gasteiger partial charge in [-0.05, 0) is 26.7 Å². The Labute approximate surface area is 98.8 Å². The fourth-order valence-electron chi connectivity index (χ4n) is 2.93. The van der Waals surface area contributed by atoms with E-state index in [9.17, 15) is 4.79 Å². The Hall–Kier alpha value is -0.410. The zero-order valence-corrected chi connectivity index (χ0v) is 10.6. The smallest absolute Gasteiger partial charge is 0.134 e. The average molecular weight is 224 g/mol. The highest BCUT2D eigenvalue weighted by molar-refractivity contribution is 5.79. The highest BCUT2D eigenvalue weighted by Crippen LogP contribution is 2.21. The normalized spacial score (nSPS) is 29.9. The van der Waals surface area contributed by atoms with Crippen LogP contribution in [0, 0.1) is 0 Å². The van der Waals surface area contributed by atoms with Crippen molar-refractivity contribution in [3.05, 3.63) is 0 Å². The molecule has 3 nitrogen and oxygen atoms in total. The molecule has 1 atom stereocenters. The van der Waals surface area contributed by atoms with Gasteiger partial charge in [-0.3, -0.25) is 14.6 Å². The van der Waals surface area contributed by atoms with Crippen molar-refractivity contribution in [2.75, 3.05) is 26.2 Å². The highest BCUT2D eigenvalue weighted by atomic mass is 16.1. The van der Waals surface area contributed by atoms with E-state index in [1.54, 1.807) is 0 Å². The number of hydrogen-bond donors (Lipinski definition) is 0. The molecule has 0 aromatic heterocycles. The Balaban J connectivity index is 1.82. The van der Waals surface area contributed by atoms with Crippen molar-refractivity contribution in [3.8, 4) is 0 Å². The average Bonchev–Trinajstić information content (AvgIpc) is 2.29. The van der Waals surface area contributed by atoms with Crippen LogP contribution in [0.4, 0.5) is 0 Å². The number of carbonyl (C=O) groups is 1. The van der Waals surface area contributed by atoms with Crippen molar-refractivity contribution in [2.45, 2.75) is 51.6 Å². The van der Waals surface area contributed by atoms with Gasteiger partial charge in [0.2, 0.25) is 0 Å². The first kappa shape index (κ1) is 12.1. The molecule has 2 fully saturated rings. The molecular formula is C13H24N2O. The van der Waals surface area contributed by atoms with Crippen molar-refractivity contribution in [2.24, 2.45) is 0 Å². The Bertz CT molecular complexity index is 244. The van der Waals surface area contributed by atoms with E-state index in [2.05, 4.69) is 23.6 Å². The molecule has 92 valence electrons. The molecule has 2 rings (SSSR count). The summed E-state index contributed by atoms with van der Waals surface area (Å²) in [4.78, 5) is 16.5. The van der Waals surface area contributed by atoms with Gasteiger partial charge in [0, 0.05) is 51.1 Å². The number of piperazine rings is 1. The number of ketones is 1. The van der Waals surface area contributed by atoms with Crippen molar-refractivity contribution in [3.63, 3.8) is 0 Å². The maximum Gasteiger partial charge on any atom is 0.134 e. The Morgan fingerprint density at radius 1 is 1.19 bits per heavy atom. The zero-order chi connectivity index (χ0) is 11.5. The van der Waals surface area contributed by atoms with E-state index in [0.717, 1.165) is 32.4 Å². The highest BCUT2D eigenvalue weighted by Gasteiger charge is 2.28. The number of rotatable bonds is 2. The molecule has 0 radical (unpaired) electrons. The van der Waals surface area contributed by atoms with Crippen LogP contribution in [0.2, 0.25) is 0 Å². The van der Waals surface area contributed by atoms with Crippen molar-refractivity contribution in [1.82, 2.24) is 9.80 Å². The van der Waals surface area contributed by atoms with Gasteiger partial charge in [0.1, 0.15) is 5.78 Å². The van der Waals surface area contributed by atoms with Crippen LogP contribution in [0.1, 0.15) is 39.5 Å². The van der Waals surface area contributed by atoms with Crippen molar-refractivity contribution in [1.29, 1.82) is 0 Å². The molecule has 1 heterocycles. The van der Waals surface area contributed by atoms with E-state index in [1.165, 1.54) is 19.5 Å². The van der Waals surface area contributed by atoms with Crippen molar-refractivity contribution >= 4 is 5.78 Å². The van der Waals surface area contributed by atoms with Crippen LogP contribution in [0.25, 0.3) is 0 Å². The predicted molar refractivity (Wildman–Crippen MR) is 65.5 cm³/mol. The van der Waals surface area contributed by atoms with Gasteiger partial charge in [0.25, 0.3) is 0 Å². The lowest BCUT2D eigenvalue weighted by Crippen LogP contribution is -2.53. The summed E-state index contributed by atoms with van der Waals surface area (Å²) in [5.41, 5.74) is 0. The maximum atomic E-state index is 11.5. The third kappa shape index (κ3) is 2.83. The molecule has 0 aromatic carbocycles. The number of carbonyl (C=O) groups excluding carboxylic acids is 1. The molecule has 0 bridgehead atoms. The van der Waals surface area contributed by atoms with Gasteiger partial charge in [0.15, 0.2) is 0 Å². The van der Waals surface area contributed by atoms with E-state index in [4.69, 9.17) is 0 Å². The van der Waals surface area contributed by atoms with Crippen LogP contribution in [0.15, 0.2) is 0 Å². The van der Waals surface area contributed by atoms with Gasteiger partial charge in [-0.2, -0.15) is 0 Å². The minimum absolute atomic E-state index is 0.475. The zero-order valence-electron chi connectivity index (χ0n) is 10.6. The summed E-state index contributed by atoms with van der Waals surface area (Å²) in [6.07, 6.45) is 3.96. The van der Waals surface area contributed by atoms with Gasteiger partial charge in [0.05, 0.1) is 0 Å². The third-order valence-electron chi connectivity index (χ3n) is 4.05. The predicted octanol–water partition coefficient (Wildman–Crippen LogP) is 1.52. The summed E-state index contributed by atoms with van der Waals surface area (Å²) in [6, 6.07) is 1.21. The molecule has 2 aliphatic rings. The molecule has 0 spiro atoms. The molecule has 1 saturated carbocycles. The Morgan fingerprint density at radius 2 is 1.88 bits per heavy atom. The molecule has 1 aliphatic heterocycles. The molecule has 1 aliphatic carbocycles. The number of nitrogens with zero attached hydrogens (tertiary/aromatic N) is 2. The second kappa shape index (κ2) is 5.28. The van der Waals surface area contributed by atoms with E-state index >= 15 is 0 Å². The summed E-state index contributed by atoms with van der Waals surface area (Å²) in [7, 11) is 0. The maximum absolute atomic E-state index is 11.5. The first-order valence-electron chi connectivity index (χ1n) is 6.66. The molecule has 16 heavy (non-hydrogen) atoms. The largest absolute Gasteiger partial charge is 0.300 e. The Kier molecular flexibility index (Phi) is 3.98. The van der Waals surface area contributed by atoms with Gasteiger partial charge in [-0.25, -0.2) is 0 Å². The molecule has 1 saturated heterocycles. The molecule has 1 unspecified atom stereocenters. The van der Waals surface area contributed by atoms with Crippen LogP contribution in [0.3, 0.4) is 0 Å². The fraction of sp³-hybridized carbons (Fsp3) is 0.923. The minimum Gasteiger partial charge on any atom is -0.300 e. The van der Waals surface area contributed by atoms with Gasteiger partial charge >= 0.3 is 0 Å². The number of hydrogen-bond acceptors (Lipinski definition) is 3. The summed E-state index contributed by atoms with van der Waals surface area (Å²) in [6.45, 7) is 9.16. The standard InChI is InChI=1S/C13H24N2O/c1-11(2)14-6-8-15(9-7-14)12-4-3-5-13(16)10-12/h11-12H,3-10H2,1-2H3. The summed E-state index contributed by atoms with van der Waals surface area (Å²) < 4.78 is 0. The lowest BCUT2D eigenvalue weighted by atomic mass is 9.92. The minimum atomic E-state index is 0.475. The lowest BCUT2D eigenvalue weighted by Gasteiger charge is -2.41. The van der Waals surface area contributed by atoms with Crippen LogP contribution in [-0.4, -0.2) is 53.8 Å². The monoisotopic (exact) mass is 224 g/mol. The first-order chi connectivity index (χ1) is 7.66. The molecule has 3 heteroatoms. The summed E-state index contributed by atoms with van der Waals surface area (Å²) in [5.74, 6) is 0.475. The Morgan fingerprint density at radius 3 is 2.44 bits per heavy atom. The van der Waals surface area contributed by atoms with E-state index in [1.807, 2.05) is 0 Å². The van der Waals surface area contributed by atoms with Crippen molar-refractivity contribution < 1.29 is 4.79 Å². The first-order valence-corrected chi connectivity index (χ1v) is 6.66. The molecule has 0 aromatic rings. The van der Waals surface area contributed by atoms with E-state index in [0.29, 0.717) is 17.9 Å². The second-order valence-electron chi connectivity index (χ2n) is 5.45. The van der Waals surface area contributed by atoms with E-state index in [-0.39, 0.29) is 0 Å². The molecule has 0 amide bonds. The summed E-state index contributed by atoms with van der Waals surface area (Å²) >= 11 is 0. The molecule has 0 N–H and O–H groups in total. The number of Topliss-reactive ketones (excluding diaryl/α,β-unsaturated/α-hetero) is 1. The van der Waals surface area contributed by atoms with Crippen LogP contribution < -0.4 is 0 Å². The van der Waals surface area contributed by atoms with Crippen LogP contribution in [0.5, 0.6) is 0 Å². The third-order valence-corrected chi connectivity index (χ3v) is 4.05. The fourth-order valence-corrected chi connectivity index (χ4v) is 2.93. The topological polar surface area (TPSA) is 23.6 Å². The van der Waals surface area contributed by atoms with E-state index < -0.39 is 0 Å². The lowest BCUT2D eigenvalue weighted by molar-refractivity contribution is -0.122. The SMILES string of the molecule is CC(C)N1CCN(C2CCCC(=O)C2)CC1. The quantitative estimate of drug-likeness (QED) is 0.710. The van der Waals surface area contributed by atoms with Gasteiger partial charge in [-0.1, -0.05) is 0 Å². The van der Waals surface area contributed by atoms with Gasteiger partial charge < -0.3 is 0 Å². The molecular weight excluding hydrogens is 200 g/mol. The summed E-state index contributed by atoms with van der Waals surface area (Å²) in [5, 5.41) is 0. The van der Waals surface area contributed by atoms with Crippen LogP contribution >= 0.6 is 0 Å². The van der Waals surface area contributed by atoms with Crippen LogP contribution in [-0.2, 0) is 4.79 Å². The van der Waals surface area contributed by atoms with Gasteiger partial charge in [-0.15, -0.1) is 0 Å².